The second-order valence-electron chi connectivity index (χ2n) is 7.14. The Morgan fingerprint density at radius 3 is 2.46 bits per heavy atom. The Labute approximate surface area is 221 Å². The van der Waals surface area contributed by atoms with Gasteiger partial charge in [-0.05, 0) is 47.0 Å². The van der Waals surface area contributed by atoms with Gasteiger partial charge in [0.05, 0.1) is 12.0 Å². The fourth-order valence-corrected chi connectivity index (χ4v) is 5.90. The van der Waals surface area contributed by atoms with E-state index in [0.717, 1.165) is 36.1 Å². The zero-order chi connectivity index (χ0) is 24.3. The molecule has 4 rings (SSSR count). The van der Waals surface area contributed by atoms with Crippen molar-refractivity contribution in [2.75, 3.05) is 5.75 Å². The van der Waals surface area contributed by atoms with Gasteiger partial charge >= 0.3 is 0 Å². The third-order valence-electron chi connectivity index (χ3n) is 4.55. The molecule has 0 fully saturated rings. The Morgan fingerprint density at radius 2 is 1.69 bits per heavy atom. The van der Waals surface area contributed by atoms with Crippen LogP contribution in [0.3, 0.4) is 0 Å². The first-order valence-corrected chi connectivity index (χ1v) is 13.7. The Balaban J connectivity index is 1.16. The van der Waals surface area contributed by atoms with Crippen molar-refractivity contribution in [2.24, 2.45) is 5.10 Å². The Morgan fingerprint density at radius 1 is 0.971 bits per heavy atom. The summed E-state index contributed by atoms with van der Waals surface area (Å²) in [5, 5.41) is 13.1. The molecule has 0 saturated heterocycles. The number of nitrogens with one attached hydrogen (secondary N) is 1. The van der Waals surface area contributed by atoms with E-state index in [1.165, 1.54) is 23.1 Å². The highest BCUT2D eigenvalue weighted by Gasteiger charge is 2.09. The smallest absolute Gasteiger partial charge is 0.250 e. The van der Waals surface area contributed by atoms with Gasteiger partial charge in [0.15, 0.2) is 8.68 Å². The highest BCUT2D eigenvalue weighted by molar-refractivity contribution is 8.03. The van der Waals surface area contributed by atoms with E-state index >= 15 is 0 Å². The van der Waals surface area contributed by atoms with Gasteiger partial charge in [-0.25, -0.2) is 5.43 Å². The van der Waals surface area contributed by atoms with Crippen molar-refractivity contribution in [3.05, 3.63) is 101 Å². The highest BCUT2D eigenvalue weighted by atomic mass is 35.5. The molecule has 1 aromatic heterocycles. The lowest BCUT2D eigenvalue weighted by molar-refractivity contribution is -0.118. The Hall–Kier alpha value is -2.85. The normalized spacial score (nSPS) is 11.0. The van der Waals surface area contributed by atoms with Gasteiger partial charge in [-0.3, -0.25) is 4.79 Å². The molecule has 10 heteroatoms. The molecule has 0 radical (unpaired) electrons. The molecule has 35 heavy (non-hydrogen) atoms. The zero-order valence-electron chi connectivity index (χ0n) is 18.5. The molecule has 4 aromatic rings. The number of hydrogen-bond donors (Lipinski definition) is 1. The van der Waals surface area contributed by atoms with Gasteiger partial charge < -0.3 is 4.74 Å². The average molecular weight is 541 g/mol. The lowest BCUT2D eigenvalue weighted by atomic mass is 10.2. The van der Waals surface area contributed by atoms with Crippen LogP contribution in [-0.4, -0.2) is 28.1 Å². The number of amides is 1. The summed E-state index contributed by atoms with van der Waals surface area (Å²) >= 11 is 10.5. The summed E-state index contributed by atoms with van der Waals surface area (Å²) in [4.78, 5) is 12.1. The van der Waals surface area contributed by atoms with Crippen molar-refractivity contribution >= 4 is 58.6 Å². The van der Waals surface area contributed by atoms with Gasteiger partial charge in [-0.15, -0.1) is 10.2 Å². The first-order valence-electron chi connectivity index (χ1n) is 10.6. The van der Waals surface area contributed by atoms with E-state index < -0.39 is 0 Å². The third-order valence-corrected chi connectivity index (χ3v) is 8.16. The van der Waals surface area contributed by atoms with Crippen LogP contribution in [0, 0.1) is 0 Å². The number of hydrogen-bond acceptors (Lipinski definition) is 8. The minimum atomic E-state index is -0.213. The summed E-state index contributed by atoms with van der Waals surface area (Å²) in [6.45, 7) is 0.512. The Bertz CT molecular complexity index is 1270. The number of carbonyl (C=O) groups excluding carboxylic acids is 1. The molecule has 0 aliphatic carbocycles. The Kier molecular flexibility index (Phi) is 9.59. The monoisotopic (exact) mass is 540 g/mol. The van der Waals surface area contributed by atoms with Crippen LogP contribution in [0.1, 0.15) is 16.7 Å². The summed E-state index contributed by atoms with van der Waals surface area (Å²) in [5.41, 5.74) is 5.55. The third kappa shape index (κ3) is 8.40. The quantitative estimate of drug-likeness (QED) is 0.136. The molecule has 178 valence electrons. The summed E-state index contributed by atoms with van der Waals surface area (Å²) in [6.07, 6.45) is 1.60. The van der Waals surface area contributed by atoms with E-state index in [0.29, 0.717) is 12.4 Å². The van der Waals surface area contributed by atoms with Gasteiger partial charge in [0, 0.05) is 10.8 Å². The van der Waals surface area contributed by atoms with Crippen molar-refractivity contribution in [3.8, 4) is 5.75 Å². The summed E-state index contributed by atoms with van der Waals surface area (Å²) in [7, 11) is 0. The lowest BCUT2D eigenvalue weighted by Gasteiger charge is -2.06. The lowest BCUT2D eigenvalue weighted by Crippen LogP contribution is -2.19. The first-order chi connectivity index (χ1) is 17.2. The topological polar surface area (TPSA) is 76.5 Å². The van der Waals surface area contributed by atoms with E-state index in [9.17, 15) is 4.79 Å². The highest BCUT2D eigenvalue weighted by Crippen LogP contribution is 2.32. The molecular formula is C25H21ClN4O2S3. The molecule has 6 nitrogen and oxygen atoms in total. The molecule has 1 N–H and O–H groups in total. The molecule has 0 bridgehead atoms. The minimum Gasteiger partial charge on any atom is -0.489 e. The van der Waals surface area contributed by atoms with Crippen LogP contribution in [-0.2, 0) is 17.2 Å². The van der Waals surface area contributed by atoms with Crippen LogP contribution >= 0.6 is 46.5 Å². The van der Waals surface area contributed by atoms with Gasteiger partial charge in [-0.1, -0.05) is 95.0 Å². The van der Waals surface area contributed by atoms with Crippen LogP contribution in [0.25, 0.3) is 0 Å². The van der Waals surface area contributed by atoms with Gasteiger partial charge in [0.1, 0.15) is 12.4 Å². The number of ether oxygens (including phenoxy) is 1. The second-order valence-corrected chi connectivity index (χ2v) is 11.0. The number of carbonyl (C=O) groups is 1. The van der Waals surface area contributed by atoms with Gasteiger partial charge in [0.25, 0.3) is 5.91 Å². The van der Waals surface area contributed by atoms with Crippen LogP contribution in [0.2, 0.25) is 5.02 Å². The maximum absolute atomic E-state index is 12.1. The van der Waals surface area contributed by atoms with Crippen molar-refractivity contribution in [1.29, 1.82) is 0 Å². The molecule has 0 aliphatic rings. The van der Waals surface area contributed by atoms with Crippen molar-refractivity contribution in [3.63, 3.8) is 0 Å². The zero-order valence-corrected chi connectivity index (χ0v) is 21.7. The second kappa shape index (κ2) is 13.3. The molecule has 1 heterocycles. The molecule has 0 saturated carbocycles. The van der Waals surface area contributed by atoms with Crippen LogP contribution < -0.4 is 10.2 Å². The van der Waals surface area contributed by atoms with E-state index in [1.807, 2.05) is 78.9 Å². The van der Waals surface area contributed by atoms with Crippen molar-refractivity contribution < 1.29 is 9.53 Å². The maximum Gasteiger partial charge on any atom is 0.250 e. The number of nitrogens with zero attached hydrogens (tertiary/aromatic N) is 3. The molecule has 0 unspecified atom stereocenters. The number of thioether (sulfide) groups is 2. The van der Waals surface area contributed by atoms with Gasteiger partial charge in [-0.2, -0.15) is 5.10 Å². The van der Waals surface area contributed by atoms with Crippen molar-refractivity contribution in [2.45, 2.75) is 21.0 Å². The van der Waals surface area contributed by atoms with Crippen LogP contribution in [0.15, 0.2) is 92.6 Å². The molecule has 0 atom stereocenters. The fourth-order valence-electron chi connectivity index (χ4n) is 2.80. The van der Waals surface area contributed by atoms with E-state index in [4.69, 9.17) is 16.3 Å². The number of hydrazone groups is 1. The van der Waals surface area contributed by atoms with E-state index in [-0.39, 0.29) is 11.7 Å². The SMILES string of the molecule is O=C(CSc1nnc(SCc2ccccc2Cl)s1)N/N=C\c1ccc(OCc2ccccc2)cc1. The standard InChI is InChI=1S/C25H21ClN4O2S3/c26-22-9-5-4-8-20(22)16-33-24-29-30-25(35-24)34-17-23(31)28-27-14-18-10-12-21(13-11-18)32-15-19-6-2-1-3-7-19/h1-14H,15-17H2,(H,28,31)/b27-14-. The first kappa shape index (κ1) is 25.2. The van der Waals surface area contributed by atoms with E-state index in [1.54, 1.807) is 18.0 Å². The fraction of sp³-hybridized carbons (Fsp3) is 0.120. The maximum atomic E-state index is 12.1. The largest absolute Gasteiger partial charge is 0.489 e. The number of aromatic nitrogens is 2. The van der Waals surface area contributed by atoms with Gasteiger partial charge in [0.2, 0.25) is 0 Å². The molecular weight excluding hydrogens is 520 g/mol. The molecule has 1 amide bonds. The molecule has 3 aromatic carbocycles. The minimum absolute atomic E-state index is 0.202. The van der Waals surface area contributed by atoms with Crippen LogP contribution in [0.5, 0.6) is 5.75 Å². The molecule has 0 spiro atoms. The van der Waals surface area contributed by atoms with Crippen molar-refractivity contribution in [1.82, 2.24) is 15.6 Å². The average Bonchev–Trinajstić information content (AvgIpc) is 3.35. The summed E-state index contributed by atoms with van der Waals surface area (Å²) < 4.78 is 7.34. The van der Waals surface area contributed by atoms with Crippen LogP contribution in [0.4, 0.5) is 0 Å². The number of benzene rings is 3. The number of rotatable bonds is 11. The molecule has 0 aliphatic heterocycles. The number of halogens is 1. The summed E-state index contributed by atoms with van der Waals surface area (Å²) in [5.74, 6) is 1.48. The van der Waals surface area contributed by atoms with E-state index in [2.05, 4.69) is 20.7 Å². The predicted octanol–water partition coefficient (Wildman–Crippen LogP) is 6.31. The predicted molar refractivity (Wildman–Crippen MR) is 145 cm³/mol. The summed E-state index contributed by atoms with van der Waals surface area (Å²) in [6, 6.07) is 25.2.